The first-order valence-corrected chi connectivity index (χ1v) is 6.96. The molecule has 1 aliphatic rings. The Morgan fingerprint density at radius 1 is 1.30 bits per heavy atom. The molecule has 7 heteroatoms. The number of hydrogen-bond donors (Lipinski definition) is 2. The van der Waals surface area contributed by atoms with Crippen LogP contribution in [0.3, 0.4) is 0 Å². The highest BCUT2D eigenvalue weighted by Crippen LogP contribution is 2.32. The lowest BCUT2D eigenvalue weighted by Gasteiger charge is -2.01. The molecule has 0 spiro atoms. The summed E-state index contributed by atoms with van der Waals surface area (Å²) in [4.78, 5) is 26.1. The lowest BCUT2D eigenvalue weighted by Crippen LogP contribution is -2.26. The van der Waals surface area contributed by atoms with Gasteiger partial charge in [0.1, 0.15) is 0 Å². The molecule has 1 amide bonds. The summed E-state index contributed by atoms with van der Waals surface area (Å²) in [6, 6.07) is 0. The van der Waals surface area contributed by atoms with Gasteiger partial charge in [-0.05, 0) is 12.8 Å². The van der Waals surface area contributed by atoms with Gasteiger partial charge in [-0.3, -0.25) is 9.59 Å². The van der Waals surface area contributed by atoms with Crippen molar-refractivity contribution < 1.29 is 19.2 Å². The third kappa shape index (κ3) is 4.32. The van der Waals surface area contributed by atoms with Gasteiger partial charge in [0, 0.05) is 25.3 Å². The molecule has 0 aromatic carbocycles. The zero-order valence-corrected chi connectivity index (χ0v) is 11.3. The number of carbonyl (C=O) groups is 2. The number of nitrogens with zero attached hydrogens (tertiary/aromatic N) is 2. The van der Waals surface area contributed by atoms with Crippen LogP contribution in [-0.4, -0.2) is 33.7 Å². The van der Waals surface area contributed by atoms with Crippen LogP contribution in [-0.2, 0) is 16.0 Å². The predicted molar refractivity (Wildman–Crippen MR) is 69.1 cm³/mol. The fourth-order valence-electron chi connectivity index (χ4n) is 2.34. The molecule has 0 bridgehead atoms. The van der Waals surface area contributed by atoms with Crippen molar-refractivity contribution in [2.24, 2.45) is 0 Å². The summed E-state index contributed by atoms with van der Waals surface area (Å²) >= 11 is 0. The number of carbonyl (C=O) groups excluding carboxylic acids is 1. The third-order valence-corrected chi connectivity index (χ3v) is 3.43. The Balaban J connectivity index is 1.71. The zero-order chi connectivity index (χ0) is 14.4. The number of aryl methyl sites for hydroxylation is 1. The van der Waals surface area contributed by atoms with E-state index in [1.807, 2.05) is 0 Å². The normalized spacial score (nSPS) is 15.4. The van der Waals surface area contributed by atoms with E-state index >= 15 is 0 Å². The van der Waals surface area contributed by atoms with Crippen LogP contribution in [0.1, 0.15) is 56.2 Å². The number of aliphatic carboxylic acids is 1. The first-order valence-electron chi connectivity index (χ1n) is 6.96. The van der Waals surface area contributed by atoms with E-state index in [2.05, 4.69) is 15.5 Å². The van der Waals surface area contributed by atoms with E-state index in [1.54, 1.807) is 0 Å². The Kier molecular flexibility index (Phi) is 5.09. The molecule has 1 aromatic rings. The second kappa shape index (κ2) is 7.02. The van der Waals surface area contributed by atoms with Gasteiger partial charge in [-0.1, -0.05) is 18.0 Å². The summed E-state index contributed by atoms with van der Waals surface area (Å²) in [7, 11) is 0. The molecule has 0 unspecified atom stereocenters. The smallest absolute Gasteiger partial charge is 0.305 e. The first-order chi connectivity index (χ1) is 9.65. The van der Waals surface area contributed by atoms with Crippen LogP contribution in [0.2, 0.25) is 0 Å². The molecule has 0 saturated heterocycles. The highest BCUT2D eigenvalue weighted by Gasteiger charge is 2.22. The van der Waals surface area contributed by atoms with Crippen LogP contribution in [0.25, 0.3) is 0 Å². The van der Waals surface area contributed by atoms with E-state index in [-0.39, 0.29) is 25.3 Å². The Labute approximate surface area is 116 Å². The lowest BCUT2D eigenvalue weighted by molar-refractivity contribution is -0.136. The predicted octanol–water partition coefficient (Wildman–Crippen LogP) is 1.25. The second-order valence-corrected chi connectivity index (χ2v) is 5.02. The Morgan fingerprint density at radius 3 is 2.75 bits per heavy atom. The number of carboxylic acids is 1. The van der Waals surface area contributed by atoms with Crippen LogP contribution in [0.4, 0.5) is 0 Å². The number of rotatable bonds is 7. The largest absolute Gasteiger partial charge is 0.481 e. The zero-order valence-electron chi connectivity index (χ0n) is 11.3. The minimum absolute atomic E-state index is 0.0713. The first kappa shape index (κ1) is 14.5. The van der Waals surface area contributed by atoms with Crippen LogP contribution >= 0.6 is 0 Å². The number of amides is 1. The molecule has 2 N–H and O–H groups in total. The van der Waals surface area contributed by atoms with Crippen molar-refractivity contribution in [3.05, 3.63) is 11.7 Å². The molecule has 1 saturated carbocycles. The summed E-state index contributed by atoms with van der Waals surface area (Å²) in [5, 5.41) is 15.0. The standard InChI is InChI=1S/C13H19N3O4/c17-10(14-8-7-12(18)19)5-6-11-15-13(16-20-11)9-3-1-2-4-9/h9H,1-8H2,(H,14,17)(H,18,19). The van der Waals surface area contributed by atoms with Gasteiger partial charge in [0.15, 0.2) is 5.82 Å². The van der Waals surface area contributed by atoms with E-state index in [0.29, 0.717) is 18.2 Å². The monoisotopic (exact) mass is 281 g/mol. The van der Waals surface area contributed by atoms with E-state index in [0.717, 1.165) is 18.7 Å². The molecule has 1 aliphatic carbocycles. The van der Waals surface area contributed by atoms with Crippen LogP contribution < -0.4 is 5.32 Å². The minimum Gasteiger partial charge on any atom is -0.481 e. The average molecular weight is 281 g/mol. The highest BCUT2D eigenvalue weighted by molar-refractivity contribution is 5.76. The fraction of sp³-hybridized carbons (Fsp3) is 0.692. The molecule has 20 heavy (non-hydrogen) atoms. The van der Waals surface area contributed by atoms with Gasteiger partial charge in [-0.25, -0.2) is 0 Å². The van der Waals surface area contributed by atoms with Gasteiger partial charge in [0.05, 0.1) is 6.42 Å². The maximum absolute atomic E-state index is 11.5. The van der Waals surface area contributed by atoms with Crippen LogP contribution in [0, 0.1) is 0 Å². The van der Waals surface area contributed by atoms with Gasteiger partial charge in [-0.15, -0.1) is 0 Å². The number of hydrogen-bond acceptors (Lipinski definition) is 5. The van der Waals surface area contributed by atoms with Crippen molar-refractivity contribution in [2.75, 3.05) is 6.54 Å². The summed E-state index contributed by atoms with van der Waals surface area (Å²) in [6.07, 6.45) is 5.17. The fourth-order valence-corrected chi connectivity index (χ4v) is 2.34. The summed E-state index contributed by atoms with van der Waals surface area (Å²) in [5.74, 6) is 0.497. The molecular weight excluding hydrogens is 262 g/mol. The summed E-state index contributed by atoms with van der Waals surface area (Å²) in [6.45, 7) is 0.144. The molecule has 2 rings (SSSR count). The molecule has 0 radical (unpaired) electrons. The highest BCUT2D eigenvalue weighted by atomic mass is 16.5. The number of carboxylic acid groups (broad SMARTS) is 1. The Hall–Kier alpha value is -1.92. The van der Waals surface area contributed by atoms with E-state index < -0.39 is 5.97 Å². The molecule has 110 valence electrons. The van der Waals surface area contributed by atoms with Crippen molar-refractivity contribution in [2.45, 2.75) is 50.9 Å². The molecular formula is C13H19N3O4. The molecule has 1 fully saturated rings. The lowest BCUT2D eigenvalue weighted by atomic mass is 10.1. The van der Waals surface area contributed by atoms with Crippen molar-refractivity contribution in [1.29, 1.82) is 0 Å². The summed E-state index contributed by atoms with van der Waals surface area (Å²) < 4.78 is 5.13. The van der Waals surface area contributed by atoms with E-state index in [4.69, 9.17) is 9.63 Å². The molecule has 1 aromatic heterocycles. The van der Waals surface area contributed by atoms with Crippen molar-refractivity contribution in [1.82, 2.24) is 15.5 Å². The molecule has 0 atom stereocenters. The second-order valence-electron chi connectivity index (χ2n) is 5.02. The van der Waals surface area contributed by atoms with Gasteiger partial charge in [0.2, 0.25) is 11.8 Å². The topological polar surface area (TPSA) is 105 Å². The third-order valence-electron chi connectivity index (χ3n) is 3.43. The summed E-state index contributed by atoms with van der Waals surface area (Å²) in [5.41, 5.74) is 0. The van der Waals surface area contributed by atoms with Gasteiger partial charge < -0.3 is 14.9 Å². The van der Waals surface area contributed by atoms with Crippen molar-refractivity contribution in [3.63, 3.8) is 0 Å². The average Bonchev–Trinajstić information content (AvgIpc) is 3.06. The van der Waals surface area contributed by atoms with Crippen molar-refractivity contribution >= 4 is 11.9 Å². The quantitative estimate of drug-likeness (QED) is 0.779. The Bertz CT molecular complexity index is 466. The maximum Gasteiger partial charge on any atom is 0.305 e. The molecule has 7 nitrogen and oxygen atoms in total. The van der Waals surface area contributed by atoms with E-state index in [9.17, 15) is 9.59 Å². The van der Waals surface area contributed by atoms with Gasteiger partial charge in [-0.2, -0.15) is 4.98 Å². The SMILES string of the molecule is O=C(O)CCNC(=O)CCc1nc(C2CCCC2)no1. The van der Waals surface area contributed by atoms with Gasteiger partial charge in [0.25, 0.3) is 0 Å². The van der Waals surface area contributed by atoms with E-state index in [1.165, 1.54) is 12.8 Å². The van der Waals surface area contributed by atoms with Crippen molar-refractivity contribution in [3.8, 4) is 0 Å². The van der Waals surface area contributed by atoms with Gasteiger partial charge >= 0.3 is 5.97 Å². The molecule has 1 heterocycles. The molecule has 0 aliphatic heterocycles. The number of nitrogens with one attached hydrogen (secondary N) is 1. The Morgan fingerprint density at radius 2 is 2.05 bits per heavy atom. The van der Waals surface area contributed by atoms with Crippen LogP contribution in [0.15, 0.2) is 4.52 Å². The number of aromatic nitrogens is 2. The minimum atomic E-state index is -0.927. The maximum atomic E-state index is 11.5. The van der Waals surface area contributed by atoms with Crippen LogP contribution in [0.5, 0.6) is 0 Å².